The molecular formula is C11H10BrN3O2S. The van der Waals surface area contributed by atoms with Gasteiger partial charge >= 0.3 is 0 Å². The van der Waals surface area contributed by atoms with Gasteiger partial charge in [-0.15, -0.1) is 0 Å². The molecule has 0 spiro atoms. The molecule has 0 bridgehead atoms. The normalized spacial score (nSPS) is 12.2. The molecule has 0 saturated heterocycles. The lowest BCUT2D eigenvalue weighted by atomic mass is 10.3. The summed E-state index contributed by atoms with van der Waals surface area (Å²) in [5.41, 5.74) is 0.755. The molecule has 0 amide bonds. The summed E-state index contributed by atoms with van der Waals surface area (Å²) in [6, 6.07) is 7.08. The van der Waals surface area contributed by atoms with E-state index in [4.69, 9.17) is 0 Å². The number of nitrogens with one attached hydrogen (secondary N) is 1. The third-order valence-electron chi connectivity index (χ3n) is 2.17. The molecule has 0 aliphatic carbocycles. The van der Waals surface area contributed by atoms with Crippen molar-refractivity contribution in [2.75, 3.05) is 11.6 Å². The summed E-state index contributed by atoms with van der Waals surface area (Å²) >= 11 is 2.11. The first kappa shape index (κ1) is 13.1. The zero-order valence-corrected chi connectivity index (χ0v) is 11.8. The number of benzene rings is 1. The molecule has 94 valence electrons. The van der Waals surface area contributed by atoms with Gasteiger partial charge in [-0.1, -0.05) is 0 Å². The fraction of sp³-hybridized carbons (Fsp3) is 0.0909. The van der Waals surface area contributed by atoms with Gasteiger partial charge in [0.2, 0.25) is 11.8 Å². The van der Waals surface area contributed by atoms with Crippen LogP contribution in [0.25, 0.3) is 0 Å². The summed E-state index contributed by atoms with van der Waals surface area (Å²) in [7, 11) is 0. The highest BCUT2D eigenvalue weighted by Gasteiger charge is 2.06. The molecule has 0 saturated carbocycles. The van der Waals surface area contributed by atoms with Crippen molar-refractivity contribution >= 4 is 38.7 Å². The number of nitrogens with zero attached hydrogens (tertiary/aromatic N) is 2. The highest BCUT2D eigenvalue weighted by molar-refractivity contribution is 9.10. The maximum absolute atomic E-state index is 11.2. The van der Waals surface area contributed by atoms with E-state index in [0.717, 1.165) is 10.6 Å². The molecule has 0 aliphatic heterocycles. The number of anilines is 2. The van der Waals surface area contributed by atoms with Crippen LogP contribution in [0.2, 0.25) is 0 Å². The fourth-order valence-electron chi connectivity index (χ4n) is 1.28. The molecule has 0 aliphatic rings. The second-order valence-electron chi connectivity index (χ2n) is 3.47. The second kappa shape index (κ2) is 5.55. The maximum atomic E-state index is 11.2. The SMILES string of the molecule is C[S+]([O-])c1ccc(Nc2ncc(Br)c(O)n2)cc1. The highest BCUT2D eigenvalue weighted by atomic mass is 79.9. The summed E-state index contributed by atoms with van der Waals surface area (Å²) in [5, 5.41) is 12.4. The van der Waals surface area contributed by atoms with Crippen molar-refractivity contribution in [3.8, 4) is 5.88 Å². The molecule has 1 aromatic heterocycles. The first-order valence-electron chi connectivity index (χ1n) is 4.98. The quantitative estimate of drug-likeness (QED) is 0.846. The van der Waals surface area contributed by atoms with E-state index in [1.807, 2.05) is 0 Å². The fourth-order valence-corrected chi connectivity index (χ4v) is 1.99. The van der Waals surface area contributed by atoms with Crippen molar-refractivity contribution in [1.29, 1.82) is 0 Å². The molecule has 1 unspecified atom stereocenters. The van der Waals surface area contributed by atoms with E-state index >= 15 is 0 Å². The zero-order chi connectivity index (χ0) is 13.1. The summed E-state index contributed by atoms with van der Waals surface area (Å²) in [6.07, 6.45) is 3.08. The number of aromatic hydroxyl groups is 1. The van der Waals surface area contributed by atoms with Crippen molar-refractivity contribution < 1.29 is 9.66 Å². The van der Waals surface area contributed by atoms with Gasteiger partial charge in [-0.2, -0.15) is 4.98 Å². The third kappa shape index (κ3) is 3.12. The van der Waals surface area contributed by atoms with E-state index in [0.29, 0.717) is 10.4 Å². The Morgan fingerprint density at radius 3 is 2.56 bits per heavy atom. The smallest absolute Gasteiger partial charge is 0.230 e. The van der Waals surface area contributed by atoms with Crippen LogP contribution in [0.5, 0.6) is 5.88 Å². The molecule has 0 radical (unpaired) electrons. The Morgan fingerprint density at radius 2 is 2.00 bits per heavy atom. The molecular weight excluding hydrogens is 318 g/mol. The van der Waals surface area contributed by atoms with Crippen molar-refractivity contribution in [3.05, 3.63) is 34.9 Å². The minimum absolute atomic E-state index is 0.126. The van der Waals surface area contributed by atoms with Gasteiger partial charge in [0.15, 0.2) is 4.90 Å². The van der Waals surface area contributed by atoms with E-state index in [-0.39, 0.29) is 5.88 Å². The Morgan fingerprint density at radius 1 is 1.33 bits per heavy atom. The number of halogens is 1. The Bertz CT molecular complexity index is 548. The average Bonchev–Trinajstić information content (AvgIpc) is 2.34. The Balaban J connectivity index is 2.15. The lowest BCUT2D eigenvalue weighted by Gasteiger charge is -2.07. The molecule has 1 atom stereocenters. The second-order valence-corrected chi connectivity index (χ2v) is 5.70. The molecule has 1 heterocycles. The average molecular weight is 328 g/mol. The van der Waals surface area contributed by atoms with Crippen molar-refractivity contribution in [1.82, 2.24) is 9.97 Å². The maximum Gasteiger partial charge on any atom is 0.230 e. The van der Waals surface area contributed by atoms with Gasteiger partial charge in [0.05, 0.1) is 10.7 Å². The highest BCUT2D eigenvalue weighted by Crippen LogP contribution is 2.22. The van der Waals surface area contributed by atoms with Crippen molar-refractivity contribution in [2.24, 2.45) is 0 Å². The Labute approximate surface area is 116 Å². The first-order chi connectivity index (χ1) is 8.56. The van der Waals surface area contributed by atoms with E-state index in [1.165, 1.54) is 6.20 Å². The Kier molecular flexibility index (Phi) is 4.05. The monoisotopic (exact) mass is 327 g/mol. The van der Waals surface area contributed by atoms with Crippen LogP contribution in [0, 0.1) is 0 Å². The number of rotatable bonds is 3. The molecule has 7 heteroatoms. The lowest BCUT2D eigenvalue weighted by Crippen LogP contribution is -1.99. The van der Waals surface area contributed by atoms with Crippen LogP contribution in [0.1, 0.15) is 0 Å². The van der Waals surface area contributed by atoms with Gasteiger partial charge in [-0.05, 0) is 51.4 Å². The number of hydrogen-bond donors (Lipinski definition) is 2. The molecule has 2 aromatic rings. The summed E-state index contributed by atoms with van der Waals surface area (Å²) < 4.78 is 11.7. The third-order valence-corrected chi connectivity index (χ3v) is 3.66. The van der Waals surface area contributed by atoms with Crippen LogP contribution in [0.15, 0.2) is 39.8 Å². The van der Waals surface area contributed by atoms with Gasteiger partial charge in [-0.25, -0.2) is 4.98 Å². The topological polar surface area (TPSA) is 81.1 Å². The number of aromatic nitrogens is 2. The Hall–Kier alpha value is -1.31. The predicted octanol–water partition coefficient (Wildman–Crippen LogP) is 2.43. The van der Waals surface area contributed by atoms with Gasteiger partial charge in [0, 0.05) is 5.69 Å². The van der Waals surface area contributed by atoms with E-state index in [1.54, 1.807) is 30.5 Å². The van der Waals surface area contributed by atoms with Gasteiger partial charge < -0.3 is 15.0 Å². The van der Waals surface area contributed by atoms with Gasteiger partial charge in [-0.3, -0.25) is 0 Å². The van der Waals surface area contributed by atoms with Crippen LogP contribution in [0.4, 0.5) is 11.6 Å². The van der Waals surface area contributed by atoms with Crippen molar-refractivity contribution in [2.45, 2.75) is 4.90 Å². The van der Waals surface area contributed by atoms with Gasteiger partial charge in [0.25, 0.3) is 0 Å². The van der Waals surface area contributed by atoms with Crippen molar-refractivity contribution in [3.63, 3.8) is 0 Å². The summed E-state index contributed by atoms with van der Waals surface area (Å²) in [6.45, 7) is 0. The van der Waals surface area contributed by atoms with E-state index in [2.05, 4.69) is 31.2 Å². The lowest BCUT2D eigenvalue weighted by molar-refractivity contribution is 0.449. The number of hydrogen-bond acceptors (Lipinski definition) is 5. The first-order valence-corrected chi connectivity index (χ1v) is 7.33. The molecule has 18 heavy (non-hydrogen) atoms. The molecule has 1 aromatic carbocycles. The van der Waals surface area contributed by atoms with Crippen LogP contribution in [-0.2, 0) is 11.2 Å². The standard InChI is InChI=1S/C11H10BrN3O2S/c1-18(17)8-4-2-7(3-5-8)14-11-13-6-9(12)10(16)15-11/h2-6H,1H3,(H2,13,14,15,16). The molecule has 2 N–H and O–H groups in total. The predicted molar refractivity (Wildman–Crippen MR) is 73.5 cm³/mol. The summed E-state index contributed by atoms with van der Waals surface area (Å²) in [4.78, 5) is 8.60. The van der Waals surface area contributed by atoms with Crippen LogP contribution >= 0.6 is 15.9 Å². The van der Waals surface area contributed by atoms with Crippen LogP contribution in [-0.4, -0.2) is 25.9 Å². The minimum Gasteiger partial charge on any atom is -0.612 e. The van der Waals surface area contributed by atoms with Crippen LogP contribution in [0.3, 0.4) is 0 Å². The van der Waals surface area contributed by atoms with E-state index in [9.17, 15) is 9.66 Å². The molecule has 5 nitrogen and oxygen atoms in total. The minimum atomic E-state index is -0.996. The largest absolute Gasteiger partial charge is 0.612 e. The van der Waals surface area contributed by atoms with Crippen LogP contribution < -0.4 is 5.32 Å². The molecule has 2 rings (SSSR count). The zero-order valence-electron chi connectivity index (χ0n) is 9.42. The molecule has 0 fully saturated rings. The summed E-state index contributed by atoms with van der Waals surface area (Å²) in [5.74, 6) is 0.167. The van der Waals surface area contributed by atoms with E-state index < -0.39 is 11.2 Å². The van der Waals surface area contributed by atoms with Gasteiger partial charge in [0.1, 0.15) is 6.26 Å².